The van der Waals surface area contributed by atoms with E-state index in [9.17, 15) is 9.59 Å². The Kier molecular flexibility index (Phi) is 7.65. The highest BCUT2D eigenvalue weighted by molar-refractivity contribution is 6.02. The van der Waals surface area contributed by atoms with E-state index in [1.807, 2.05) is 62.3 Å². The van der Waals surface area contributed by atoms with E-state index in [1.165, 1.54) is 11.8 Å². The Hall–Kier alpha value is -3.02. The number of nitrogens with one attached hydrogen (secondary N) is 1. The van der Waals surface area contributed by atoms with Crippen molar-refractivity contribution in [2.75, 3.05) is 53.7 Å². The molecule has 0 aliphatic heterocycles. The van der Waals surface area contributed by atoms with Crippen LogP contribution in [0.4, 0.5) is 22.7 Å². The van der Waals surface area contributed by atoms with Crippen LogP contribution >= 0.6 is 0 Å². The van der Waals surface area contributed by atoms with Gasteiger partial charge in [0.2, 0.25) is 11.8 Å². The van der Waals surface area contributed by atoms with Crippen molar-refractivity contribution in [3.05, 3.63) is 48.0 Å². The van der Waals surface area contributed by atoms with Gasteiger partial charge in [-0.3, -0.25) is 9.59 Å². The number of carbonyl (C=O) groups excluding carboxylic acids is 2. The van der Waals surface area contributed by atoms with Crippen LogP contribution in [0.15, 0.2) is 42.5 Å². The second kappa shape index (κ2) is 9.96. The van der Waals surface area contributed by atoms with Crippen LogP contribution in [0.25, 0.3) is 0 Å². The molecule has 0 bridgehead atoms. The van der Waals surface area contributed by atoms with Crippen LogP contribution in [-0.2, 0) is 9.59 Å². The molecule has 0 spiro atoms. The minimum absolute atomic E-state index is 0.0315. The second-order valence-corrected chi connectivity index (χ2v) is 7.24. The van der Waals surface area contributed by atoms with Crippen molar-refractivity contribution in [3.63, 3.8) is 0 Å². The number of rotatable bonds is 8. The number of benzene rings is 2. The molecule has 6 heteroatoms. The minimum Gasteiger partial charge on any atom is -0.378 e. The molecule has 29 heavy (non-hydrogen) atoms. The molecule has 2 rings (SSSR count). The molecule has 2 amide bonds. The fraction of sp³-hybridized carbons (Fsp3) is 0.391. The third-order valence-electron chi connectivity index (χ3n) is 4.95. The van der Waals surface area contributed by atoms with E-state index in [0.717, 1.165) is 35.7 Å². The summed E-state index contributed by atoms with van der Waals surface area (Å²) in [4.78, 5) is 30.6. The van der Waals surface area contributed by atoms with Gasteiger partial charge in [0.1, 0.15) is 6.54 Å². The summed E-state index contributed by atoms with van der Waals surface area (Å²) in [6.07, 6.45) is 0. The molecule has 0 aliphatic carbocycles. The van der Waals surface area contributed by atoms with Gasteiger partial charge < -0.3 is 20.0 Å². The van der Waals surface area contributed by atoms with Crippen LogP contribution in [-0.4, -0.2) is 45.5 Å². The lowest BCUT2D eigenvalue weighted by atomic mass is 10.1. The largest absolute Gasteiger partial charge is 0.378 e. The van der Waals surface area contributed by atoms with Crippen molar-refractivity contribution in [2.24, 2.45) is 0 Å². The van der Waals surface area contributed by atoms with Crippen LogP contribution in [0, 0.1) is 6.92 Å². The Labute approximate surface area is 174 Å². The number of carbonyl (C=O) groups is 2. The van der Waals surface area contributed by atoms with Gasteiger partial charge in [0.25, 0.3) is 0 Å². The van der Waals surface area contributed by atoms with Gasteiger partial charge in [0.15, 0.2) is 0 Å². The molecule has 156 valence electrons. The maximum absolute atomic E-state index is 12.6. The van der Waals surface area contributed by atoms with E-state index in [-0.39, 0.29) is 18.4 Å². The Morgan fingerprint density at radius 1 is 0.931 bits per heavy atom. The molecule has 2 aromatic rings. The lowest BCUT2D eigenvalue weighted by molar-refractivity contribution is -0.120. The van der Waals surface area contributed by atoms with Crippen LogP contribution in [0.3, 0.4) is 0 Å². The normalized spacial score (nSPS) is 10.4. The zero-order chi connectivity index (χ0) is 21.6. The molecular weight excluding hydrogens is 364 g/mol. The molecule has 0 aliphatic rings. The van der Waals surface area contributed by atoms with Crippen molar-refractivity contribution in [3.8, 4) is 0 Å². The maximum atomic E-state index is 12.6. The van der Waals surface area contributed by atoms with Gasteiger partial charge in [0, 0.05) is 56.9 Å². The van der Waals surface area contributed by atoms with Crippen molar-refractivity contribution >= 4 is 34.6 Å². The van der Waals surface area contributed by atoms with E-state index in [0.29, 0.717) is 5.69 Å². The Balaban J connectivity index is 2.15. The minimum atomic E-state index is -0.231. The molecule has 0 saturated carbocycles. The number of hydrogen-bond donors (Lipinski definition) is 1. The van der Waals surface area contributed by atoms with Gasteiger partial charge in [-0.2, -0.15) is 0 Å². The molecule has 0 atom stereocenters. The molecular formula is C23H32N4O2. The summed E-state index contributed by atoms with van der Waals surface area (Å²) in [6.45, 7) is 9.48. The summed E-state index contributed by atoms with van der Waals surface area (Å²) in [5.74, 6) is -0.396. The highest BCUT2D eigenvalue weighted by Crippen LogP contribution is 2.26. The van der Waals surface area contributed by atoms with Crippen LogP contribution in [0.1, 0.15) is 26.3 Å². The number of amides is 2. The smallest absolute Gasteiger partial charge is 0.244 e. The van der Waals surface area contributed by atoms with Crippen molar-refractivity contribution in [2.45, 2.75) is 27.7 Å². The van der Waals surface area contributed by atoms with Crippen LogP contribution in [0.5, 0.6) is 0 Å². The van der Waals surface area contributed by atoms with Gasteiger partial charge in [-0.15, -0.1) is 0 Å². The monoisotopic (exact) mass is 396 g/mol. The van der Waals surface area contributed by atoms with Gasteiger partial charge in [-0.1, -0.05) is 0 Å². The van der Waals surface area contributed by atoms with E-state index >= 15 is 0 Å². The van der Waals surface area contributed by atoms with Crippen LogP contribution in [0.2, 0.25) is 0 Å². The molecule has 0 aromatic heterocycles. The molecule has 1 N–H and O–H groups in total. The molecule has 0 fully saturated rings. The lowest BCUT2D eigenvalue weighted by Gasteiger charge is -2.26. The van der Waals surface area contributed by atoms with Gasteiger partial charge >= 0.3 is 0 Å². The fourth-order valence-electron chi connectivity index (χ4n) is 3.28. The van der Waals surface area contributed by atoms with Crippen molar-refractivity contribution < 1.29 is 9.59 Å². The standard InChI is InChI=1S/C23H32N4O2/c1-7-26(8-2)21-13-14-22(17(3)15-21)27(18(4)28)16-23(29)24-19-9-11-20(12-10-19)25(5)6/h9-15H,7-8,16H2,1-6H3,(H,24,29). The summed E-state index contributed by atoms with van der Waals surface area (Å²) < 4.78 is 0. The van der Waals surface area contributed by atoms with E-state index in [4.69, 9.17) is 0 Å². The highest BCUT2D eigenvalue weighted by Gasteiger charge is 2.18. The first-order valence-electron chi connectivity index (χ1n) is 9.97. The molecule has 6 nitrogen and oxygen atoms in total. The molecule has 2 aromatic carbocycles. The average molecular weight is 397 g/mol. The summed E-state index contributed by atoms with van der Waals surface area (Å²) in [5.41, 5.74) is 4.60. The SMILES string of the molecule is CCN(CC)c1ccc(N(CC(=O)Nc2ccc(N(C)C)cc2)C(C)=O)c(C)c1. The zero-order valence-electron chi connectivity index (χ0n) is 18.3. The van der Waals surface area contributed by atoms with Gasteiger partial charge in [0.05, 0.1) is 0 Å². The number of anilines is 4. The number of hydrogen-bond acceptors (Lipinski definition) is 4. The third kappa shape index (κ3) is 5.73. The zero-order valence-corrected chi connectivity index (χ0v) is 18.3. The first kappa shape index (κ1) is 22.3. The molecule has 0 heterocycles. The van der Waals surface area contributed by atoms with Crippen molar-refractivity contribution in [1.82, 2.24) is 0 Å². The van der Waals surface area contributed by atoms with E-state index in [2.05, 4.69) is 30.1 Å². The summed E-state index contributed by atoms with van der Waals surface area (Å²) in [5, 5.41) is 2.87. The topological polar surface area (TPSA) is 55.9 Å². The summed E-state index contributed by atoms with van der Waals surface area (Å²) in [6, 6.07) is 13.6. The van der Waals surface area contributed by atoms with E-state index in [1.54, 1.807) is 0 Å². The molecule has 0 saturated heterocycles. The molecule has 0 radical (unpaired) electrons. The Bertz CT molecular complexity index is 842. The summed E-state index contributed by atoms with van der Waals surface area (Å²) in [7, 11) is 3.93. The van der Waals surface area contributed by atoms with Gasteiger partial charge in [-0.05, 0) is 68.8 Å². The molecule has 0 unspecified atom stereocenters. The Morgan fingerprint density at radius 2 is 1.52 bits per heavy atom. The van der Waals surface area contributed by atoms with E-state index < -0.39 is 0 Å². The summed E-state index contributed by atoms with van der Waals surface area (Å²) >= 11 is 0. The maximum Gasteiger partial charge on any atom is 0.244 e. The van der Waals surface area contributed by atoms with Crippen molar-refractivity contribution in [1.29, 1.82) is 0 Å². The third-order valence-corrected chi connectivity index (χ3v) is 4.95. The lowest BCUT2D eigenvalue weighted by Crippen LogP contribution is -2.37. The predicted octanol–water partition coefficient (Wildman–Crippen LogP) is 3.90. The first-order valence-corrected chi connectivity index (χ1v) is 9.97. The average Bonchev–Trinajstić information content (AvgIpc) is 2.68. The second-order valence-electron chi connectivity index (χ2n) is 7.24. The highest BCUT2D eigenvalue weighted by atomic mass is 16.2. The number of nitrogens with zero attached hydrogens (tertiary/aromatic N) is 3. The van der Waals surface area contributed by atoms with Gasteiger partial charge in [-0.25, -0.2) is 0 Å². The quantitative estimate of drug-likeness (QED) is 0.735. The Morgan fingerprint density at radius 3 is 2.00 bits per heavy atom. The first-order chi connectivity index (χ1) is 13.8. The van der Waals surface area contributed by atoms with Crippen LogP contribution < -0.4 is 20.0 Å². The predicted molar refractivity (Wildman–Crippen MR) is 122 cm³/mol. The number of aryl methyl sites for hydroxylation is 1. The fourth-order valence-corrected chi connectivity index (χ4v) is 3.28.